The van der Waals surface area contributed by atoms with Gasteiger partial charge in [-0.05, 0) is 36.5 Å². The van der Waals surface area contributed by atoms with E-state index >= 15 is 0 Å². The van der Waals surface area contributed by atoms with Crippen molar-refractivity contribution in [3.8, 4) is 0 Å². The van der Waals surface area contributed by atoms with Gasteiger partial charge in [0.05, 0.1) is 6.42 Å². The molecule has 8 nitrogen and oxygen atoms in total. The summed E-state index contributed by atoms with van der Waals surface area (Å²) >= 11 is 0. The quantitative estimate of drug-likeness (QED) is 0.538. The lowest BCUT2D eigenvalue weighted by molar-refractivity contribution is -0.156. The van der Waals surface area contributed by atoms with E-state index in [-0.39, 0.29) is 36.0 Å². The number of amides is 3. The van der Waals surface area contributed by atoms with Crippen LogP contribution < -0.4 is 10.6 Å². The number of ether oxygens (including phenoxy) is 1. The third-order valence-corrected chi connectivity index (χ3v) is 6.04. The van der Waals surface area contributed by atoms with Crippen LogP contribution in [0.3, 0.4) is 0 Å². The zero-order valence-corrected chi connectivity index (χ0v) is 20.2. The first-order valence-electron chi connectivity index (χ1n) is 12.0. The summed E-state index contributed by atoms with van der Waals surface area (Å²) in [5, 5.41) is 5.63. The Balaban J connectivity index is 1.42. The molecule has 0 spiro atoms. The van der Waals surface area contributed by atoms with Gasteiger partial charge in [0.15, 0.2) is 6.61 Å². The molecule has 1 atom stereocenters. The number of nitrogens with one attached hydrogen (secondary N) is 2. The van der Waals surface area contributed by atoms with Gasteiger partial charge in [-0.15, -0.1) is 0 Å². The van der Waals surface area contributed by atoms with Gasteiger partial charge in [-0.25, -0.2) is 4.79 Å². The van der Waals surface area contributed by atoms with E-state index in [1.165, 1.54) is 0 Å². The smallest absolute Gasteiger partial charge is 0.329 e. The first kappa shape index (κ1) is 25.9. The number of piperidine rings is 1. The van der Waals surface area contributed by atoms with Gasteiger partial charge in [0.25, 0.3) is 5.91 Å². The minimum absolute atomic E-state index is 0.0549. The largest absolute Gasteiger partial charge is 0.454 e. The molecule has 0 aliphatic carbocycles. The van der Waals surface area contributed by atoms with Crippen LogP contribution in [0.15, 0.2) is 60.7 Å². The van der Waals surface area contributed by atoms with Crippen molar-refractivity contribution in [3.05, 3.63) is 66.2 Å². The molecule has 0 bridgehead atoms. The number of likely N-dealkylation sites (tertiary alicyclic amines) is 1. The molecule has 3 rings (SSSR count). The minimum Gasteiger partial charge on any atom is -0.454 e. The van der Waals surface area contributed by atoms with Crippen LogP contribution in [0.5, 0.6) is 0 Å². The highest BCUT2D eigenvalue weighted by atomic mass is 16.5. The number of nitrogens with zero attached hydrogens (tertiary/aromatic N) is 1. The monoisotopic (exact) mass is 479 g/mol. The van der Waals surface area contributed by atoms with Crippen molar-refractivity contribution in [2.45, 2.75) is 39.2 Å². The minimum atomic E-state index is -0.841. The Labute approximate surface area is 206 Å². The molecule has 1 aliphatic rings. The number of benzene rings is 2. The first-order valence-corrected chi connectivity index (χ1v) is 12.0. The maximum atomic E-state index is 12.6. The lowest BCUT2D eigenvalue weighted by Gasteiger charge is -2.31. The number of anilines is 1. The maximum Gasteiger partial charge on any atom is 0.329 e. The lowest BCUT2D eigenvalue weighted by atomic mass is 9.95. The molecule has 1 aliphatic heterocycles. The van der Waals surface area contributed by atoms with Crippen LogP contribution in [0.25, 0.3) is 0 Å². The third kappa shape index (κ3) is 7.95. The molecule has 186 valence electrons. The van der Waals surface area contributed by atoms with Gasteiger partial charge in [0, 0.05) is 24.7 Å². The molecule has 2 aromatic rings. The molecule has 8 heteroatoms. The second-order valence-corrected chi connectivity index (χ2v) is 9.07. The molecule has 35 heavy (non-hydrogen) atoms. The number of esters is 1. The summed E-state index contributed by atoms with van der Waals surface area (Å²) in [6.45, 7) is 4.07. The molecule has 1 heterocycles. The van der Waals surface area contributed by atoms with Crippen LogP contribution in [-0.2, 0) is 30.3 Å². The van der Waals surface area contributed by atoms with Crippen LogP contribution in [0.4, 0.5) is 5.69 Å². The van der Waals surface area contributed by atoms with Crippen molar-refractivity contribution in [3.63, 3.8) is 0 Å². The van der Waals surface area contributed by atoms with Gasteiger partial charge in [-0.2, -0.15) is 0 Å². The molecular formula is C27H33N3O5. The van der Waals surface area contributed by atoms with Crippen molar-refractivity contribution < 1.29 is 23.9 Å². The molecule has 2 aromatic carbocycles. The Morgan fingerprint density at radius 1 is 0.943 bits per heavy atom. The van der Waals surface area contributed by atoms with E-state index in [9.17, 15) is 19.2 Å². The molecule has 3 amide bonds. The molecule has 0 saturated carbocycles. The fourth-order valence-electron chi connectivity index (χ4n) is 3.97. The van der Waals surface area contributed by atoms with Gasteiger partial charge < -0.3 is 20.3 Å². The van der Waals surface area contributed by atoms with E-state index in [0.717, 1.165) is 11.3 Å². The number of carbonyl (C=O) groups is 4. The van der Waals surface area contributed by atoms with E-state index in [1.807, 2.05) is 74.5 Å². The fraction of sp³-hybridized carbons (Fsp3) is 0.407. The summed E-state index contributed by atoms with van der Waals surface area (Å²) in [5.74, 6) is -1.65. The third-order valence-electron chi connectivity index (χ3n) is 6.04. The zero-order chi connectivity index (χ0) is 25.2. The first-order chi connectivity index (χ1) is 16.8. The maximum absolute atomic E-state index is 12.6. The van der Waals surface area contributed by atoms with Crippen LogP contribution in [0.1, 0.15) is 32.3 Å². The summed E-state index contributed by atoms with van der Waals surface area (Å²) in [6.07, 6.45) is 1.24. The van der Waals surface area contributed by atoms with Crippen molar-refractivity contribution in [2.24, 2.45) is 11.8 Å². The summed E-state index contributed by atoms with van der Waals surface area (Å²) in [7, 11) is 0. The Morgan fingerprint density at radius 3 is 2.14 bits per heavy atom. The second-order valence-electron chi connectivity index (χ2n) is 9.07. The number of rotatable bonds is 9. The van der Waals surface area contributed by atoms with E-state index < -0.39 is 18.6 Å². The molecule has 1 fully saturated rings. The second kappa shape index (κ2) is 12.7. The molecule has 0 radical (unpaired) electrons. The zero-order valence-electron chi connectivity index (χ0n) is 20.2. The van der Waals surface area contributed by atoms with Crippen molar-refractivity contribution in [1.82, 2.24) is 10.2 Å². The average molecular weight is 480 g/mol. The summed E-state index contributed by atoms with van der Waals surface area (Å²) in [4.78, 5) is 51.7. The van der Waals surface area contributed by atoms with Crippen molar-refractivity contribution >= 4 is 29.4 Å². The highest BCUT2D eigenvalue weighted by Crippen LogP contribution is 2.20. The number of hydrogen-bond donors (Lipinski definition) is 2. The van der Waals surface area contributed by atoms with Crippen LogP contribution in [-0.4, -0.2) is 54.3 Å². The van der Waals surface area contributed by atoms with Crippen LogP contribution in [0, 0.1) is 11.8 Å². The van der Waals surface area contributed by atoms with E-state index in [2.05, 4.69) is 10.6 Å². The van der Waals surface area contributed by atoms with Crippen molar-refractivity contribution in [1.29, 1.82) is 0 Å². The predicted octanol–water partition coefficient (Wildman–Crippen LogP) is 2.79. The topological polar surface area (TPSA) is 105 Å². The molecule has 0 aromatic heterocycles. The lowest BCUT2D eigenvalue weighted by Crippen LogP contribution is -2.47. The van der Waals surface area contributed by atoms with Gasteiger partial charge in [-0.3, -0.25) is 14.4 Å². The fourth-order valence-corrected chi connectivity index (χ4v) is 3.97. The Hall–Kier alpha value is -3.68. The van der Waals surface area contributed by atoms with E-state index in [4.69, 9.17) is 4.74 Å². The normalized spacial score (nSPS) is 14.8. The highest BCUT2D eigenvalue weighted by molar-refractivity contribution is 5.93. The highest BCUT2D eigenvalue weighted by Gasteiger charge is 2.30. The van der Waals surface area contributed by atoms with Gasteiger partial charge >= 0.3 is 5.97 Å². The Kier molecular flexibility index (Phi) is 9.40. The van der Waals surface area contributed by atoms with Crippen molar-refractivity contribution in [2.75, 3.05) is 25.0 Å². The average Bonchev–Trinajstić information content (AvgIpc) is 2.86. The number of carbonyl (C=O) groups excluding carboxylic acids is 4. The van der Waals surface area contributed by atoms with Crippen LogP contribution >= 0.6 is 0 Å². The number of hydrogen-bond acceptors (Lipinski definition) is 5. The van der Waals surface area contributed by atoms with Crippen LogP contribution in [0.2, 0.25) is 0 Å². The summed E-state index contributed by atoms with van der Waals surface area (Å²) < 4.78 is 5.26. The summed E-state index contributed by atoms with van der Waals surface area (Å²) in [5.41, 5.74) is 1.59. The number of para-hydroxylation sites is 1. The summed E-state index contributed by atoms with van der Waals surface area (Å²) in [6, 6.07) is 17.7. The van der Waals surface area contributed by atoms with E-state index in [1.54, 1.807) is 4.90 Å². The standard InChI is InChI=1S/C27H33N3O5/c1-19(2)25(29-23(31)17-20-9-5-3-6-10-20)27(34)35-18-24(32)30-15-13-21(14-16-30)26(33)28-22-11-7-4-8-12-22/h3-12,19,21,25H,13-18H2,1-2H3,(H,28,33)(H,29,31)/t25-/m0/s1. The Morgan fingerprint density at radius 2 is 1.54 bits per heavy atom. The molecular weight excluding hydrogens is 446 g/mol. The Bertz CT molecular complexity index is 1000. The molecule has 0 unspecified atom stereocenters. The molecule has 2 N–H and O–H groups in total. The SMILES string of the molecule is CC(C)[C@H](NC(=O)Cc1ccccc1)C(=O)OCC(=O)N1CCC(C(=O)Nc2ccccc2)CC1. The van der Waals surface area contributed by atoms with E-state index in [0.29, 0.717) is 25.9 Å². The van der Waals surface area contributed by atoms with Gasteiger partial charge in [0.2, 0.25) is 11.8 Å². The van der Waals surface area contributed by atoms with Gasteiger partial charge in [-0.1, -0.05) is 62.4 Å². The van der Waals surface area contributed by atoms with Gasteiger partial charge in [0.1, 0.15) is 6.04 Å². The molecule has 1 saturated heterocycles. The predicted molar refractivity (Wildman–Crippen MR) is 132 cm³/mol.